The second-order valence-corrected chi connectivity index (χ2v) is 4.95. The molecular weight excluding hydrogens is 220 g/mol. The van der Waals surface area contributed by atoms with E-state index in [1.165, 1.54) is 0 Å². The molecule has 1 heterocycles. The maximum atomic E-state index is 11.7. The first-order chi connectivity index (χ1) is 8.02. The molecule has 0 aliphatic carbocycles. The third-order valence-electron chi connectivity index (χ3n) is 3.18. The van der Waals surface area contributed by atoms with Crippen molar-refractivity contribution >= 4 is 5.91 Å². The fraction of sp³-hybridized carbons (Fsp3) is 0.917. The number of methoxy groups -OCH3 is 1. The maximum absolute atomic E-state index is 11.7. The van der Waals surface area contributed by atoms with Crippen LogP contribution < -0.4 is 5.32 Å². The second kappa shape index (κ2) is 6.93. The van der Waals surface area contributed by atoms with Crippen molar-refractivity contribution in [1.29, 1.82) is 0 Å². The topological polar surface area (TPSA) is 61.8 Å². The van der Waals surface area contributed by atoms with Crippen LogP contribution >= 0.6 is 0 Å². The monoisotopic (exact) mass is 244 g/mol. The van der Waals surface area contributed by atoms with Crippen molar-refractivity contribution in [3.05, 3.63) is 0 Å². The Bertz CT molecular complexity index is 246. The van der Waals surface area contributed by atoms with Crippen LogP contribution in [0.25, 0.3) is 0 Å². The van der Waals surface area contributed by atoms with Crippen LogP contribution in [-0.4, -0.2) is 61.4 Å². The SMILES string of the molecule is COCC(C)NC(=O)CN1CCC(C(C)O)C1. The molecule has 3 atom stereocenters. The molecule has 0 aromatic carbocycles. The van der Waals surface area contributed by atoms with Crippen LogP contribution in [0.5, 0.6) is 0 Å². The van der Waals surface area contributed by atoms with Crippen molar-refractivity contribution in [1.82, 2.24) is 10.2 Å². The summed E-state index contributed by atoms with van der Waals surface area (Å²) >= 11 is 0. The van der Waals surface area contributed by atoms with Crippen LogP contribution in [0.15, 0.2) is 0 Å². The summed E-state index contributed by atoms with van der Waals surface area (Å²) in [6.45, 7) is 6.38. The van der Waals surface area contributed by atoms with Crippen LogP contribution in [0.2, 0.25) is 0 Å². The molecule has 0 aromatic rings. The number of hydrogen-bond donors (Lipinski definition) is 2. The number of likely N-dealkylation sites (tertiary alicyclic amines) is 1. The minimum Gasteiger partial charge on any atom is -0.393 e. The van der Waals surface area contributed by atoms with Crippen LogP contribution in [0, 0.1) is 5.92 Å². The van der Waals surface area contributed by atoms with E-state index in [9.17, 15) is 9.90 Å². The Morgan fingerprint density at radius 1 is 1.59 bits per heavy atom. The zero-order valence-electron chi connectivity index (χ0n) is 11.0. The third-order valence-corrected chi connectivity index (χ3v) is 3.18. The Morgan fingerprint density at radius 3 is 2.82 bits per heavy atom. The summed E-state index contributed by atoms with van der Waals surface area (Å²) in [6.07, 6.45) is 0.689. The summed E-state index contributed by atoms with van der Waals surface area (Å²) in [6, 6.07) is 0.0441. The molecule has 3 unspecified atom stereocenters. The fourth-order valence-electron chi connectivity index (χ4n) is 2.22. The molecule has 17 heavy (non-hydrogen) atoms. The highest BCUT2D eigenvalue weighted by molar-refractivity contribution is 5.78. The number of nitrogens with zero attached hydrogens (tertiary/aromatic N) is 1. The second-order valence-electron chi connectivity index (χ2n) is 4.95. The Labute approximate surface area is 103 Å². The molecule has 0 bridgehead atoms. The van der Waals surface area contributed by atoms with Gasteiger partial charge in [0.1, 0.15) is 0 Å². The first-order valence-electron chi connectivity index (χ1n) is 6.21. The van der Waals surface area contributed by atoms with Crippen LogP contribution in [-0.2, 0) is 9.53 Å². The number of hydrogen-bond acceptors (Lipinski definition) is 4. The zero-order valence-corrected chi connectivity index (χ0v) is 11.0. The number of aliphatic hydroxyl groups excluding tert-OH is 1. The first kappa shape index (κ1) is 14.4. The molecule has 1 amide bonds. The summed E-state index contributed by atoms with van der Waals surface area (Å²) in [5, 5.41) is 12.4. The lowest BCUT2D eigenvalue weighted by atomic mass is 10.0. The number of aliphatic hydroxyl groups is 1. The van der Waals surface area contributed by atoms with Gasteiger partial charge in [-0.1, -0.05) is 0 Å². The summed E-state index contributed by atoms with van der Waals surface area (Å²) < 4.78 is 4.96. The fourth-order valence-corrected chi connectivity index (χ4v) is 2.22. The van der Waals surface area contributed by atoms with Gasteiger partial charge in [-0.05, 0) is 32.7 Å². The largest absolute Gasteiger partial charge is 0.393 e. The number of carbonyl (C=O) groups is 1. The van der Waals surface area contributed by atoms with E-state index >= 15 is 0 Å². The molecule has 0 saturated carbocycles. The first-order valence-corrected chi connectivity index (χ1v) is 6.21. The molecule has 1 fully saturated rings. The van der Waals surface area contributed by atoms with Gasteiger partial charge < -0.3 is 15.2 Å². The lowest BCUT2D eigenvalue weighted by molar-refractivity contribution is -0.123. The van der Waals surface area contributed by atoms with Gasteiger partial charge in [-0.3, -0.25) is 9.69 Å². The zero-order chi connectivity index (χ0) is 12.8. The Balaban J connectivity index is 2.24. The van der Waals surface area contributed by atoms with Gasteiger partial charge in [0.15, 0.2) is 0 Å². The molecule has 1 aliphatic rings. The van der Waals surface area contributed by atoms with Gasteiger partial charge in [0.25, 0.3) is 0 Å². The molecule has 1 rings (SSSR count). The van der Waals surface area contributed by atoms with Gasteiger partial charge in [-0.25, -0.2) is 0 Å². The van der Waals surface area contributed by atoms with E-state index in [-0.39, 0.29) is 18.1 Å². The van der Waals surface area contributed by atoms with Gasteiger partial charge >= 0.3 is 0 Å². The highest BCUT2D eigenvalue weighted by Crippen LogP contribution is 2.18. The van der Waals surface area contributed by atoms with E-state index in [0.29, 0.717) is 19.1 Å². The standard InChI is InChI=1S/C12H24N2O3/c1-9(8-17-3)13-12(16)7-14-5-4-11(6-14)10(2)15/h9-11,15H,4-8H2,1-3H3,(H,13,16). The number of amides is 1. The van der Waals surface area contributed by atoms with Crippen LogP contribution in [0.1, 0.15) is 20.3 Å². The molecule has 0 aromatic heterocycles. The number of rotatable bonds is 6. The van der Waals surface area contributed by atoms with Crippen molar-refractivity contribution in [3.8, 4) is 0 Å². The maximum Gasteiger partial charge on any atom is 0.234 e. The predicted octanol–water partition coefficient (Wildman–Crippen LogP) is -0.160. The predicted molar refractivity (Wildman–Crippen MR) is 65.7 cm³/mol. The average Bonchev–Trinajstić information content (AvgIpc) is 2.66. The van der Waals surface area contributed by atoms with Gasteiger partial charge in [-0.15, -0.1) is 0 Å². The van der Waals surface area contributed by atoms with Crippen molar-refractivity contribution in [3.63, 3.8) is 0 Å². The van der Waals surface area contributed by atoms with Gasteiger partial charge in [0.2, 0.25) is 5.91 Å². The molecule has 100 valence electrons. The molecule has 5 heteroatoms. The Kier molecular flexibility index (Phi) is 5.88. The van der Waals surface area contributed by atoms with E-state index in [1.54, 1.807) is 7.11 Å². The van der Waals surface area contributed by atoms with E-state index in [1.807, 2.05) is 13.8 Å². The Morgan fingerprint density at radius 2 is 2.29 bits per heavy atom. The van der Waals surface area contributed by atoms with Crippen LogP contribution in [0.4, 0.5) is 0 Å². The molecule has 1 aliphatic heterocycles. The van der Waals surface area contributed by atoms with Crippen molar-refractivity contribution < 1.29 is 14.6 Å². The van der Waals surface area contributed by atoms with Crippen molar-refractivity contribution in [2.45, 2.75) is 32.4 Å². The van der Waals surface area contributed by atoms with Gasteiger partial charge in [0, 0.05) is 19.7 Å². The van der Waals surface area contributed by atoms with E-state index in [4.69, 9.17) is 4.74 Å². The molecule has 0 radical (unpaired) electrons. The number of nitrogens with one attached hydrogen (secondary N) is 1. The highest BCUT2D eigenvalue weighted by Gasteiger charge is 2.27. The minimum absolute atomic E-state index is 0.0285. The van der Waals surface area contributed by atoms with Crippen molar-refractivity contribution in [2.24, 2.45) is 5.92 Å². The Hall–Kier alpha value is -0.650. The normalized spacial score (nSPS) is 24.6. The van der Waals surface area contributed by atoms with E-state index < -0.39 is 0 Å². The molecule has 1 saturated heterocycles. The molecule has 0 spiro atoms. The van der Waals surface area contributed by atoms with E-state index in [0.717, 1.165) is 19.5 Å². The van der Waals surface area contributed by atoms with Gasteiger partial charge in [-0.2, -0.15) is 0 Å². The van der Waals surface area contributed by atoms with Gasteiger partial charge in [0.05, 0.1) is 19.3 Å². The number of ether oxygens (including phenoxy) is 1. The summed E-state index contributed by atoms with van der Waals surface area (Å²) in [7, 11) is 1.62. The molecule has 5 nitrogen and oxygen atoms in total. The smallest absolute Gasteiger partial charge is 0.234 e. The lowest BCUT2D eigenvalue weighted by Crippen LogP contribution is -2.42. The highest BCUT2D eigenvalue weighted by atomic mass is 16.5. The lowest BCUT2D eigenvalue weighted by Gasteiger charge is -2.18. The van der Waals surface area contributed by atoms with E-state index in [2.05, 4.69) is 10.2 Å². The average molecular weight is 244 g/mol. The number of carbonyl (C=O) groups excluding carboxylic acids is 1. The minimum atomic E-state index is -0.282. The summed E-state index contributed by atoms with van der Waals surface area (Å²) in [5.41, 5.74) is 0. The summed E-state index contributed by atoms with van der Waals surface area (Å²) in [5.74, 6) is 0.333. The molecular formula is C12H24N2O3. The summed E-state index contributed by atoms with van der Waals surface area (Å²) in [4.78, 5) is 13.8. The molecule has 2 N–H and O–H groups in total. The van der Waals surface area contributed by atoms with Crippen LogP contribution in [0.3, 0.4) is 0 Å². The third kappa shape index (κ3) is 5.02. The van der Waals surface area contributed by atoms with Crippen molar-refractivity contribution in [2.75, 3.05) is 33.4 Å². The quantitative estimate of drug-likeness (QED) is 0.681.